The second kappa shape index (κ2) is 7.20. The van der Waals surface area contributed by atoms with Gasteiger partial charge in [0.25, 0.3) is 0 Å². The van der Waals surface area contributed by atoms with Gasteiger partial charge < -0.3 is 9.64 Å². The highest BCUT2D eigenvalue weighted by atomic mass is 16.5. The standard InChI is InChI=1S/C21H22N2O3/c24-20(16-8-9-16)23-12-4-7-17-13-18(10-11-19(17)23)22-21(25)26-14-15-5-2-1-3-6-15/h1-3,5-6,10-11,13,16H,4,7-9,12,14H2,(H,22,25). The number of anilines is 2. The van der Waals surface area contributed by atoms with Gasteiger partial charge in [-0.1, -0.05) is 30.3 Å². The fourth-order valence-corrected chi connectivity index (χ4v) is 3.33. The molecule has 0 atom stereocenters. The molecule has 2 aromatic rings. The molecular formula is C21H22N2O3. The van der Waals surface area contributed by atoms with E-state index < -0.39 is 6.09 Å². The van der Waals surface area contributed by atoms with E-state index in [-0.39, 0.29) is 18.4 Å². The minimum Gasteiger partial charge on any atom is -0.444 e. The Labute approximate surface area is 153 Å². The molecule has 0 saturated heterocycles. The van der Waals surface area contributed by atoms with Gasteiger partial charge in [-0.15, -0.1) is 0 Å². The van der Waals surface area contributed by atoms with Crippen LogP contribution in [0.4, 0.5) is 16.2 Å². The molecule has 5 nitrogen and oxygen atoms in total. The lowest BCUT2D eigenvalue weighted by molar-refractivity contribution is -0.119. The molecule has 134 valence electrons. The Morgan fingerprint density at radius 2 is 1.92 bits per heavy atom. The quantitative estimate of drug-likeness (QED) is 0.902. The zero-order valence-corrected chi connectivity index (χ0v) is 14.6. The molecule has 1 fully saturated rings. The Hall–Kier alpha value is -2.82. The van der Waals surface area contributed by atoms with Crippen molar-refractivity contribution in [3.8, 4) is 0 Å². The number of amides is 2. The monoisotopic (exact) mass is 350 g/mol. The predicted octanol–water partition coefficient (Wildman–Crippen LogP) is 4.12. The maximum absolute atomic E-state index is 12.4. The summed E-state index contributed by atoms with van der Waals surface area (Å²) in [5.74, 6) is 0.459. The molecule has 2 amide bonds. The van der Waals surface area contributed by atoms with Crippen LogP contribution in [0.15, 0.2) is 48.5 Å². The van der Waals surface area contributed by atoms with Crippen molar-refractivity contribution >= 4 is 23.4 Å². The van der Waals surface area contributed by atoms with Crippen LogP contribution in [0.5, 0.6) is 0 Å². The second-order valence-corrected chi connectivity index (χ2v) is 6.90. The van der Waals surface area contributed by atoms with E-state index in [0.717, 1.165) is 49.0 Å². The number of nitrogens with zero attached hydrogens (tertiary/aromatic N) is 1. The van der Waals surface area contributed by atoms with Gasteiger partial charge in [0.2, 0.25) is 5.91 Å². The van der Waals surface area contributed by atoms with E-state index in [9.17, 15) is 9.59 Å². The number of hydrogen-bond acceptors (Lipinski definition) is 3. The van der Waals surface area contributed by atoms with Gasteiger partial charge >= 0.3 is 6.09 Å². The lowest BCUT2D eigenvalue weighted by Crippen LogP contribution is -2.36. The van der Waals surface area contributed by atoms with Crippen LogP contribution in [0.1, 0.15) is 30.4 Å². The molecule has 1 aliphatic carbocycles. The topological polar surface area (TPSA) is 58.6 Å². The van der Waals surface area contributed by atoms with Crippen LogP contribution in [0.25, 0.3) is 0 Å². The highest BCUT2D eigenvalue weighted by molar-refractivity contribution is 5.98. The average Bonchev–Trinajstić information content (AvgIpc) is 3.51. The number of fused-ring (bicyclic) bond motifs is 1. The van der Waals surface area contributed by atoms with Gasteiger partial charge in [-0.2, -0.15) is 0 Å². The number of benzene rings is 2. The summed E-state index contributed by atoms with van der Waals surface area (Å²) in [6, 6.07) is 15.3. The molecule has 1 heterocycles. The van der Waals surface area contributed by atoms with Crippen LogP contribution in [0.3, 0.4) is 0 Å². The lowest BCUT2D eigenvalue weighted by Gasteiger charge is -2.30. The summed E-state index contributed by atoms with van der Waals surface area (Å²) >= 11 is 0. The number of carbonyl (C=O) groups excluding carboxylic acids is 2. The van der Waals surface area contributed by atoms with Crippen molar-refractivity contribution in [3.05, 3.63) is 59.7 Å². The minimum atomic E-state index is -0.476. The van der Waals surface area contributed by atoms with Gasteiger partial charge in [-0.3, -0.25) is 10.1 Å². The van der Waals surface area contributed by atoms with E-state index >= 15 is 0 Å². The number of ether oxygens (including phenoxy) is 1. The van der Waals surface area contributed by atoms with E-state index in [0.29, 0.717) is 5.69 Å². The summed E-state index contributed by atoms with van der Waals surface area (Å²) in [5, 5.41) is 2.78. The zero-order valence-electron chi connectivity index (χ0n) is 14.6. The van der Waals surface area contributed by atoms with Crippen molar-refractivity contribution in [2.45, 2.75) is 32.3 Å². The molecule has 0 aromatic heterocycles. The molecule has 2 aliphatic rings. The van der Waals surface area contributed by atoms with Crippen LogP contribution < -0.4 is 10.2 Å². The molecule has 0 radical (unpaired) electrons. The number of rotatable bonds is 4. The van der Waals surface area contributed by atoms with Gasteiger partial charge in [0, 0.05) is 23.8 Å². The molecule has 26 heavy (non-hydrogen) atoms. The third kappa shape index (κ3) is 3.72. The third-order valence-corrected chi connectivity index (χ3v) is 4.85. The maximum Gasteiger partial charge on any atom is 0.411 e. The molecule has 0 bridgehead atoms. The fourth-order valence-electron chi connectivity index (χ4n) is 3.33. The number of nitrogens with one attached hydrogen (secondary N) is 1. The molecule has 2 aromatic carbocycles. The molecule has 0 unspecified atom stereocenters. The van der Waals surface area contributed by atoms with E-state index in [2.05, 4.69) is 5.32 Å². The van der Waals surface area contributed by atoms with Gasteiger partial charge in [-0.25, -0.2) is 4.79 Å². The molecule has 5 heteroatoms. The van der Waals surface area contributed by atoms with Gasteiger partial charge in [0.1, 0.15) is 6.61 Å². The van der Waals surface area contributed by atoms with Crippen molar-refractivity contribution in [3.63, 3.8) is 0 Å². The average molecular weight is 350 g/mol. The minimum absolute atomic E-state index is 0.215. The van der Waals surface area contributed by atoms with Crippen LogP contribution in [0.2, 0.25) is 0 Å². The van der Waals surface area contributed by atoms with E-state index in [4.69, 9.17) is 4.74 Å². The first-order chi connectivity index (χ1) is 12.7. The van der Waals surface area contributed by atoms with Crippen LogP contribution >= 0.6 is 0 Å². The molecule has 4 rings (SSSR count). The third-order valence-electron chi connectivity index (χ3n) is 4.85. The van der Waals surface area contributed by atoms with E-state index in [1.165, 1.54) is 0 Å². The maximum atomic E-state index is 12.4. The number of carbonyl (C=O) groups is 2. The molecule has 1 N–H and O–H groups in total. The lowest BCUT2D eigenvalue weighted by atomic mass is 10.0. The summed E-state index contributed by atoms with van der Waals surface area (Å²) in [4.78, 5) is 26.4. The molecule has 1 saturated carbocycles. The Morgan fingerprint density at radius 3 is 2.69 bits per heavy atom. The SMILES string of the molecule is O=C(Nc1ccc2c(c1)CCCN2C(=O)C1CC1)OCc1ccccc1. The van der Waals surface area contributed by atoms with E-state index in [1.54, 1.807) is 0 Å². The van der Waals surface area contributed by atoms with Crippen molar-refractivity contribution in [1.29, 1.82) is 0 Å². The smallest absolute Gasteiger partial charge is 0.411 e. The number of hydrogen-bond donors (Lipinski definition) is 1. The van der Waals surface area contributed by atoms with Gasteiger partial charge in [0.15, 0.2) is 0 Å². The highest BCUT2D eigenvalue weighted by Gasteiger charge is 2.35. The Balaban J connectivity index is 1.40. The van der Waals surface area contributed by atoms with Crippen molar-refractivity contribution in [1.82, 2.24) is 0 Å². The number of aryl methyl sites for hydroxylation is 1. The molecule has 1 aliphatic heterocycles. The summed E-state index contributed by atoms with van der Waals surface area (Å²) in [5.41, 5.74) is 3.73. The first kappa shape index (κ1) is 16.6. The summed E-state index contributed by atoms with van der Waals surface area (Å²) < 4.78 is 5.26. The fraction of sp³-hybridized carbons (Fsp3) is 0.333. The first-order valence-corrected chi connectivity index (χ1v) is 9.13. The Bertz CT molecular complexity index is 815. The molecule has 0 spiro atoms. The zero-order chi connectivity index (χ0) is 17.9. The van der Waals surface area contributed by atoms with Crippen molar-refractivity contribution < 1.29 is 14.3 Å². The van der Waals surface area contributed by atoms with Gasteiger partial charge in [-0.05, 0) is 55.0 Å². The summed E-state index contributed by atoms with van der Waals surface area (Å²) in [6.07, 6.45) is 3.41. The van der Waals surface area contributed by atoms with Crippen LogP contribution in [0, 0.1) is 5.92 Å². The van der Waals surface area contributed by atoms with Crippen molar-refractivity contribution in [2.24, 2.45) is 5.92 Å². The van der Waals surface area contributed by atoms with Crippen molar-refractivity contribution in [2.75, 3.05) is 16.8 Å². The second-order valence-electron chi connectivity index (χ2n) is 6.90. The van der Waals surface area contributed by atoms with E-state index in [1.807, 2.05) is 53.4 Å². The Morgan fingerprint density at radius 1 is 1.12 bits per heavy atom. The summed E-state index contributed by atoms with van der Waals surface area (Å²) in [6.45, 7) is 1.02. The van der Waals surface area contributed by atoms with Crippen LogP contribution in [-0.4, -0.2) is 18.5 Å². The normalized spacial score (nSPS) is 15.9. The first-order valence-electron chi connectivity index (χ1n) is 9.13. The Kier molecular flexibility index (Phi) is 4.61. The molecular weight excluding hydrogens is 328 g/mol. The predicted molar refractivity (Wildman–Crippen MR) is 100 cm³/mol. The van der Waals surface area contributed by atoms with Crippen LogP contribution in [-0.2, 0) is 22.6 Å². The van der Waals surface area contributed by atoms with Gasteiger partial charge in [0.05, 0.1) is 0 Å². The summed E-state index contributed by atoms with van der Waals surface area (Å²) in [7, 11) is 0. The highest BCUT2D eigenvalue weighted by Crippen LogP contribution is 2.36. The largest absolute Gasteiger partial charge is 0.444 e.